The van der Waals surface area contributed by atoms with Gasteiger partial charge in [0.1, 0.15) is 11.5 Å². The quantitative estimate of drug-likeness (QED) is 0.356. The first-order chi connectivity index (χ1) is 16.9. The van der Waals surface area contributed by atoms with Crippen molar-refractivity contribution in [2.24, 2.45) is 0 Å². The molecule has 0 amide bonds. The highest BCUT2D eigenvalue weighted by Crippen LogP contribution is 2.20. The lowest BCUT2D eigenvalue weighted by Crippen LogP contribution is -2.11. The monoisotopic (exact) mass is 566 g/mol. The van der Waals surface area contributed by atoms with Crippen LogP contribution in [0.25, 0.3) is 0 Å². The number of aromatic carboxylic acids is 1. The second-order valence-electron chi connectivity index (χ2n) is 6.35. The Labute approximate surface area is 218 Å². The predicted molar refractivity (Wildman–Crippen MR) is 131 cm³/mol. The lowest BCUT2D eigenvalue weighted by atomic mass is 10.0. The molecule has 36 heavy (non-hydrogen) atoms. The van der Waals surface area contributed by atoms with E-state index in [0.717, 1.165) is 0 Å². The van der Waals surface area contributed by atoms with Crippen molar-refractivity contribution in [1.29, 1.82) is 0 Å². The minimum absolute atomic E-state index is 0.00185. The fourth-order valence-electron chi connectivity index (χ4n) is 2.59. The Balaban J connectivity index is 0.000000596. The zero-order valence-electron chi connectivity index (χ0n) is 19.6. The summed E-state index contributed by atoms with van der Waals surface area (Å²) < 4.78 is 28.2. The Morgan fingerprint density at radius 2 is 1.22 bits per heavy atom. The molecule has 14 heteroatoms. The van der Waals surface area contributed by atoms with Crippen LogP contribution in [0.1, 0.15) is 31.8 Å². The summed E-state index contributed by atoms with van der Waals surface area (Å²) in [6.45, 7) is 0. The fourth-order valence-corrected chi connectivity index (χ4v) is 2.59. The minimum Gasteiger partial charge on any atom is -0.497 e. The lowest BCUT2D eigenvalue weighted by molar-refractivity contribution is -0.140. The van der Waals surface area contributed by atoms with E-state index in [1.165, 1.54) is 46.6 Å². The van der Waals surface area contributed by atoms with Gasteiger partial charge in [-0.25, -0.2) is 13.8 Å². The summed E-state index contributed by atoms with van der Waals surface area (Å²) in [5.74, 6) is -2.14. The number of halogens is 2. The van der Waals surface area contributed by atoms with E-state index in [9.17, 15) is 19.2 Å². The van der Waals surface area contributed by atoms with Crippen molar-refractivity contribution < 1.29 is 52.5 Å². The van der Waals surface area contributed by atoms with Gasteiger partial charge in [-0.15, -0.1) is 0 Å². The number of ether oxygens (including phenoxy) is 4. The second kappa shape index (κ2) is 17.1. The van der Waals surface area contributed by atoms with E-state index in [1.54, 1.807) is 18.2 Å². The van der Waals surface area contributed by atoms with E-state index < -0.39 is 33.1 Å². The molecular formula is C22H24Cl2O11S. The number of methoxy groups -OCH3 is 4. The Bertz CT molecular complexity index is 1090. The van der Waals surface area contributed by atoms with Crippen LogP contribution in [0.3, 0.4) is 0 Å². The molecule has 0 aliphatic heterocycles. The van der Waals surface area contributed by atoms with Gasteiger partial charge in [0.15, 0.2) is 0 Å². The van der Waals surface area contributed by atoms with Crippen molar-refractivity contribution in [3.63, 3.8) is 0 Å². The molecule has 0 heterocycles. The number of benzene rings is 2. The van der Waals surface area contributed by atoms with Crippen molar-refractivity contribution in [3.8, 4) is 11.5 Å². The normalized spacial score (nSPS) is 9.53. The van der Waals surface area contributed by atoms with Crippen LogP contribution in [0.15, 0.2) is 36.4 Å². The average Bonchev–Trinajstić information content (AvgIpc) is 2.82. The summed E-state index contributed by atoms with van der Waals surface area (Å²) in [7, 11) is 12.9. The first-order valence-electron chi connectivity index (χ1n) is 9.58. The van der Waals surface area contributed by atoms with E-state index in [2.05, 4.69) is 30.8 Å². The van der Waals surface area contributed by atoms with E-state index >= 15 is 0 Å². The van der Waals surface area contributed by atoms with Gasteiger partial charge in [0.05, 0.1) is 52.4 Å². The number of aliphatic carboxylic acids is 1. The average molecular weight is 567 g/mol. The van der Waals surface area contributed by atoms with Gasteiger partial charge < -0.3 is 29.2 Å². The summed E-state index contributed by atoms with van der Waals surface area (Å²) in [4.78, 5) is 44.0. The predicted octanol–water partition coefficient (Wildman–Crippen LogP) is 3.26. The molecule has 0 saturated carbocycles. The number of carboxylic acid groups (broad SMARTS) is 2. The molecule has 0 aromatic heterocycles. The summed E-state index contributed by atoms with van der Waals surface area (Å²) in [5.41, 5.74) is 1.06. The smallest absolute Gasteiger partial charge is 0.338 e. The number of carbonyl (C=O) groups excluding carboxylic acids is 2. The van der Waals surface area contributed by atoms with Crippen molar-refractivity contribution >= 4 is 54.5 Å². The first kappa shape index (κ1) is 32.7. The van der Waals surface area contributed by atoms with Gasteiger partial charge in [-0.05, 0) is 47.5 Å². The number of hydrogen-bond acceptors (Lipinski definition) is 9. The number of rotatable bonds is 8. The minimum atomic E-state index is -1.67. The third-order valence-corrected chi connectivity index (χ3v) is 4.16. The maximum Gasteiger partial charge on any atom is 0.338 e. The maximum absolute atomic E-state index is 11.5. The van der Waals surface area contributed by atoms with Crippen molar-refractivity contribution in [2.75, 3.05) is 28.4 Å². The van der Waals surface area contributed by atoms with Gasteiger partial charge in [-0.2, -0.15) is 0 Å². The van der Waals surface area contributed by atoms with Gasteiger partial charge >= 0.3 is 23.9 Å². The van der Waals surface area contributed by atoms with E-state index in [4.69, 9.17) is 23.9 Å². The molecule has 0 radical (unpaired) electrons. The van der Waals surface area contributed by atoms with E-state index in [0.29, 0.717) is 22.6 Å². The van der Waals surface area contributed by atoms with Crippen LogP contribution in [0.5, 0.6) is 11.5 Å². The van der Waals surface area contributed by atoms with Crippen LogP contribution in [-0.4, -0.2) is 66.7 Å². The largest absolute Gasteiger partial charge is 0.497 e. The molecule has 2 aromatic carbocycles. The Kier molecular flexibility index (Phi) is 15.5. The van der Waals surface area contributed by atoms with Gasteiger partial charge in [-0.1, -0.05) is 0 Å². The van der Waals surface area contributed by atoms with Crippen LogP contribution in [0, 0.1) is 0 Å². The van der Waals surface area contributed by atoms with Crippen LogP contribution >= 0.6 is 21.4 Å². The zero-order chi connectivity index (χ0) is 27.8. The van der Waals surface area contributed by atoms with Gasteiger partial charge in [-0.3, -0.25) is 9.59 Å². The highest BCUT2D eigenvalue weighted by Gasteiger charge is 2.16. The third kappa shape index (κ3) is 12.4. The summed E-state index contributed by atoms with van der Waals surface area (Å²) in [5, 5.41) is 17.4. The molecule has 11 nitrogen and oxygen atoms in total. The SMILES string of the molecule is COC(=O)Cc1cc(OC)ccc1C(=O)OC.COc1ccc(C(=O)O)c(CC(=O)O)c1.O=S(Cl)Cl. The number of carboxylic acids is 2. The molecular weight excluding hydrogens is 543 g/mol. The molecule has 2 aromatic rings. The molecule has 2 rings (SSSR count). The molecule has 2 N–H and O–H groups in total. The van der Waals surface area contributed by atoms with Crippen molar-refractivity contribution in [2.45, 2.75) is 12.8 Å². The zero-order valence-corrected chi connectivity index (χ0v) is 21.9. The molecule has 0 unspecified atom stereocenters. The molecule has 0 aliphatic rings. The highest BCUT2D eigenvalue weighted by molar-refractivity contribution is 8.26. The molecule has 0 atom stereocenters. The van der Waals surface area contributed by atoms with Crippen LogP contribution in [0.4, 0.5) is 0 Å². The van der Waals surface area contributed by atoms with Crippen molar-refractivity contribution in [3.05, 3.63) is 58.7 Å². The summed E-state index contributed by atoms with van der Waals surface area (Å²) >= 11 is 0. The van der Waals surface area contributed by atoms with Crippen molar-refractivity contribution in [1.82, 2.24) is 0 Å². The molecule has 0 saturated heterocycles. The number of carbonyl (C=O) groups is 4. The van der Waals surface area contributed by atoms with E-state index in [1.807, 2.05) is 0 Å². The fraction of sp³-hybridized carbons (Fsp3) is 0.273. The molecule has 0 aliphatic carbocycles. The van der Waals surface area contributed by atoms with Crippen LogP contribution in [-0.2, 0) is 41.1 Å². The topological polar surface area (TPSA) is 163 Å². The highest BCUT2D eigenvalue weighted by atomic mass is 36.0. The standard InChI is InChI=1S/C12H14O5.C10H10O5.Cl2OS/c1-15-9-4-5-10(12(14)17-3)8(6-9)7-11(13)16-2;1-15-7-2-3-8(10(13)14)6(4-7)5-9(11)12;1-4(2)3/h4-6H,7H2,1-3H3;2-4H,5H2,1H3,(H,11,12)(H,13,14);. The van der Waals surface area contributed by atoms with Crippen LogP contribution < -0.4 is 9.47 Å². The van der Waals surface area contributed by atoms with E-state index in [-0.39, 0.29) is 24.0 Å². The number of hydrogen-bond donors (Lipinski definition) is 2. The van der Waals surface area contributed by atoms with Gasteiger partial charge in [0.25, 0.3) is 0 Å². The second-order valence-corrected chi connectivity index (χ2v) is 8.87. The van der Waals surface area contributed by atoms with Crippen LogP contribution in [0.2, 0.25) is 0 Å². The maximum atomic E-state index is 11.5. The Hall–Kier alpha value is -3.35. The first-order valence-corrected chi connectivity index (χ1v) is 12.4. The molecule has 198 valence electrons. The molecule has 0 bridgehead atoms. The summed E-state index contributed by atoms with van der Waals surface area (Å²) in [6, 6.07) is 9.03. The summed E-state index contributed by atoms with van der Waals surface area (Å²) in [6.07, 6.45) is -0.336. The third-order valence-electron chi connectivity index (χ3n) is 4.16. The Morgan fingerprint density at radius 3 is 1.58 bits per heavy atom. The molecule has 0 fully saturated rings. The number of esters is 2. The van der Waals surface area contributed by atoms with Gasteiger partial charge in [0.2, 0.25) is 9.23 Å². The lowest BCUT2D eigenvalue weighted by Gasteiger charge is -2.09. The molecule has 0 spiro atoms. The Morgan fingerprint density at radius 1 is 0.778 bits per heavy atom. The van der Waals surface area contributed by atoms with Gasteiger partial charge in [0, 0.05) is 21.4 Å².